The van der Waals surface area contributed by atoms with Crippen molar-refractivity contribution in [2.75, 3.05) is 45.9 Å². The Hall–Kier alpha value is -2.31. The number of nitrogens with one attached hydrogen (secondary N) is 2. The molecule has 3 heterocycles. The molecule has 0 aliphatic carbocycles. The average Bonchev–Trinajstić information content (AvgIpc) is 3.24. The van der Waals surface area contributed by atoms with Gasteiger partial charge in [-0.05, 0) is 36.8 Å². The molecule has 1 saturated heterocycles. The van der Waals surface area contributed by atoms with Crippen LogP contribution in [0.15, 0.2) is 53.7 Å². The van der Waals surface area contributed by atoms with Crippen molar-refractivity contribution in [2.24, 2.45) is 4.99 Å². The molecule has 1 aromatic carbocycles. The van der Waals surface area contributed by atoms with Gasteiger partial charge >= 0.3 is 0 Å². The fourth-order valence-electron chi connectivity index (χ4n) is 3.88. The summed E-state index contributed by atoms with van der Waals surface area (Å²) >= 11 is 0. The van der Waals surface area contributed by atoms with Gasteiger partial charge < -0.3 is 15.4 Å². The Bertz CT molecular complexity index is 1020. The van der Waals surface area contributed by atoms with Gasteiger partial charge in [-0.1, -0.05) is 18.2 Å². The van der Waals surface area contributed by atoms with Gasteiger partial charge in [0.05, 0.1) is 25.8 Å². The Morgan fingerprint density at radius 3 is 2.67 bits per heavy atom. The smallest absolute Gasteiger partial charge is 0.191 e. The van der Waals surface area contributed by atoms with Crippen LogP contribution < -0.4 is 10.6 Å². The standard InChI is InChI=1S/C23H30FN7O.HI/c1-2-25-23(26-11-10-22-29-28-21-5-3-4-12-31(21)22)27-17-20(30-13-15-32-16-14-30)18-6-8-19(24)9-7-18;/h3-9,12,20H,2,10-11,13-17H2,1H3,(H2,25,26,27);1H. The minimum absolute atomic E-state index is 0. The molecule has 2 aromatic heterocycles. The van der Waals surface area contributed by atoms with Gasteiger partial charge in [0.1, 0.15) is 11.6 Å². The number of hydrogen-bond acceptors (Lipinski definition) is 5. The summed E-state index contributed by atoms with van der Waals surface area (Å²) in [7, 11) is 0. The Labute approximate surface area is 210 Å². The first-order valence-electron chi connectivity index (χ1n) is 11.1. The zero-order valence-electron chi connectivity index (χ0n) is 18.8. The number of rotatable bonds is 8. The molecular formula is C23H31FIN7O. The van der Waals surface area contributed by atoms with Crippen LogP contribution in [0.3, 0.4) is 0 Å². The Morgan fingerprint density at radius 1 is 1.12 bits per heavy atom. The minimum atomic E-state index is -0.228. The normalized spacial score (nSPS) is 15.8. The van der Waals surface area contributed by atoms with Crippen molar-refractivity contribution in [1.82, 2.24) is 30.1 Å². The van der Waals surface area contributed by atoms with Crippen LogP contribution in [0.1, 0.15) is 24.4 Å². The third-order valence-corrected chi connectivity index (χ3v) is 5.53. The van der Waals surface area contributed by atoms with Crippen LogP contribution in [-0.4, -0.2) is 71.4 Å². The maximum absolute atomic E-state index is 13.5. The first-order valence-corrected chi connectivity index (χ1v) is 11.1. The van der Waals surface area contributed by atoms with Crippen LogP contribution in [0.25, 0.3) is 5.65 Å². The van der Waals surface area contributed by atoms with Gasteiger partial charge in [0.15, 0.2) is 11.6 Å². The summed E-state index contributed by atoms with van der Waals surface area (Å²) in [5, 5.41) is 15.2. The topological polar surface area (TPSA) is 79.1 Å². The highest BCUT2D eigenvalue weighted by Gasteiger charge is 2.22. The van der Waals surface area contributed by atoms with E-state index in [1.165, 1.54) is 12.1 Å². The lowest BCUT2D eigenvalue weighted by molar-refractivity contribution is 0.0179. The minimum Gasteiger partial charge on any atom is -0.379 e. The average molecular weight is 567 g/mol. The molecule has 1 unspecified atom stereocenters. The largest absolute Gasteiger partial charge is 0.379 e. The first-order chi connectivity index (χ1) is 15.7. The van der Waals surface area contributed by atoms with E-state index >= 15 is 0 Å². The van der Waals surface area contributed by atoms with Crippen LogP contribution in [0.5, 0.6) is 0 Å². The van der Waals surface area contributed by atoms with Gasteiger partial charge in [-0.3, -0.25) is 14.3 Å². The van der Waals surface area contributed by atoms with Gasteiger partial charge in [-0.2, -0.15) is 0 Å². The lowest BCUT2D eigenvalue weighted by Crippen LogP contribution is -2.42. The third kappa shape index (κ3) is 6.84. The fraction of sp³-hybridized carbons (Fsp3) is 0.435. The number of halogens is 2. The number of ether oxygens (including phenoxy) is 1. The summed E-state index contributed by atoms with van der Waals surface area (Å²) in [6.07, 6.45) is 2.69. The molecule has 0 bridgehead atoms. The third-order valence-electron chi connectivity index (χ3n) is 5.53. The van der Waals surface area contributed by atoms with E-state index in [1.807, 2.05) is 47.9 Å². The Morgan fingerprint density at radius 2 is 1.91 bits per heavy atom. The van der Waals surface area contributed by atoms with Gasteiger partial charge in [-0.25, -0.2) is 4.39 Å². The summed E-state index contributed by atoms with van der Waals surface area (Å²) in [6, 6.07) is 12.7. The number of fused-ring (bicyclic) bond motifs is 1. The molecular weight excluding hydrogens is 536 g/mol. The molecule has 1 fully saturated rings. The summed E-state index contributed by atoms with van der Waals surface area (Å²) in [6.45, 7) is 7.12. The highest BCUT2D eigenvalue weighted by Crippen LogP contribution is 2.22. The maximum atomic E-state index is 13.5. The van der Waals surface area contributed by atoms with Crippen LogP contribution in [-0.2, 0) is 11.2 Å². The van der Waals surface area contributed by atoms with Crippen molar-refractivity contribution < 1.29 is 9.13 Å². The molecule has 1 aliphatic heterocycles. The molecule has 0 radical (unpaired) electrons. The van der Waals surface area contributed by atoms with Gasteiger partial charge in [0, 0.05) is 38.8 Å². The second-order valence-corrected chi connectivity index (χ2v) is 7.66. The molecule has 33 heavy (non-hydrogen) atoms. The number of hydrogen-bond donors (Lipinski definition) is 2. The van der Waals surface area contributed by atoms with Crippen molar-refractivity contribution in [3.63, 3.8) is 0 Å². The van der Waals surface area contributed by atoms with Crippen LogP contribution in [0.2, 0.25) is 0 Å². The summed E-state index contributed by atoms with van der Waals surface area (Å²) in [4.78, 5) is 7.20. The highest BCUT2D eigenvalue weighted by molar-refractivity contribution is 14.0. The van der Waals surface area contributed by atoms with Crippen molar-refractivity contribution >= 4 is 35.6 Å². The molecule has 178 valence electrons. The predicted molar refractivity (Wildman–Crippen MR) is 138 cm³/mol. The van der Waals surface area contributed by atoms with E-state index in [9.17, 15) is 4.39 Å². The van der Waals surface area contributed by atoms with Crippen LogP contribution in [0, 0.1) is 5.82 Å². The van der Waals surface area contributed by atoms with Crippen LogP contribution >= 0.6 is 24.0 Å². The van der Waals surface area contributed by atoms with E-state index in [2.05, 4.69) is 25.7 Å². The highest BCUT2D eigenvalue weighted by atomic mass is 127. The number of pyridine rings is 1. The van der Waals surface area contributed by atoms with Crippen molar-refractivity contribution in [2.45, 2.75) is 19.4 Å². The molecule has 10 heteroatoms. The molecule has 0 spiro atoms. The predicted octanol–water partition coefficient (Wildman–Crippen LogP) is 2.66. The number of nitrogens with zero attached hydrogens (tertiary/aromatic N) is 5. The Balaban J connectivity index is 0.00000306. The number of guanidine groups is 1. The van der Waals surface area contributed by atoms with Gasteiger partial charge in [0.25, 0.3) is 0 Å². The number of aromatic nitrogens is 3. The van der Waals surface area contributed by atoms with Crippen molar-refractivity contribution in [3.05, 3.63) is 65.9 Å². The second-order valence-electron chi connectivity index (χ2n) is 7.66. The summed E-state index contributed by atoms with van der Waals surface area (Å²) in [5.74, 6) is 1.43. The van der Waals surface area contributed by atoms with E-state index in [-0.39, 0.29) is 35.8 Å². The molecule has 2 N–H and O–H groups in total. The molecule has 1 aliphatic rings. The molecule has 8 nitrogen and oxygen atoms in total. The first kappa shape index (κ1) is 25.3. The summed E-state index contributed by atoms with van der Waals surface area (Å²) in [5.41, 5.74) is 1.90. The van der Waals surface area contributed by atoms with E-state index in [4.69, 9.17) is 9.73 Å². The Kier molecular flexibility index (Phi) is 9.82. The van der Waals surface area contributed by atoms with E-state index in [0.29, 0.717) is 26.3 Å². The quantitative estimate of drug-likeness (QED) is 0.248. The lowest BCUT2D eigenvalue weighted by Gasteiger charge is -2.34. The molecule has 0 amide bonds. The van der Waals surface area contributed by atoms with Crippen LogP contribution in [0.4, 0.5) is 4.39 Å². The zero-order chi connectivity index (χ0) is 22.2. The van der Waals surface area contributed by atoms with E-state index in [1.54, 1.807) is 0 Å². The van der Waals surface area contributed by atoms with E-state index < -0.39 is 0 Å². The molecule has 1 atom stereocenters. The zero-order valence-corrected chi connectivity index (χ0v) is 21.1. The molecule has 4 rings (SSSR count). The SMILES string of the molecule is CCNC(=NCC(c1ccc(F)cc1)N1CCOCC1)NCCc1nnc2ccccn12.I. The maximum Gasteiger partial charge on any atom is 0.191 e. The number of morpholine rings is 1. The van der Waals surface area contributed by atoms with Gasteiger partial charge in [0.2, 0.25) is 0 Å². The monoisotopic (exact) mass is 567 g/mol. The second kappa shape index (κ2) is 12.8. The molecule has 3 aromatic rings. The lowest BCUT2D eigenvalue weighted by atomic mass is 10.0. The van der Waals surface area contributed by atoms with Crippen molar-refractivity contribution in [3.8, 4) is 0 Å². The number of benzene rings is 1. The number of aliphatic imine (C=N–C) groups is 1. The van der Waals surface area contributed by atoms with Gasteiger partial charge in [-0.15, -0.1) is 34.2 Å². The molecule has 0 saturated carbocycles. The van der Waals surface area contributed by atoms with E-state index in [0.717, 1.165) is 49.0 Å². The summed E-state index contributed by atoms with van der Waals surface area (Å²) < 4.78 is 21.0. The van der Waals surface area contributed by atoms with Crippen molar-refractivity contribution in [1.29, 1.82) is 0 Å². The fourth-order valence-corrected chi connectivity index (χ4v) is 3.88.